The number of nitrogens with zero attached hydrogens (tertiary/aromatic N) is 4. The molecule has 1 aliphatic heterocycles. The van der Waals surface area contributed by atoms with E-state index in [4.69, 9.17) is 0 Å². The Morgan fingerprint density at radius 2 is 0.571 bits per heavy atom. The standard InChI is InChI=1S/C48H40N4O4/c1-31-21-33-9-3-13-37(45(33)53)27-49-41-17-7-19-43(25-41)51-29-39-15-5-11-35(47(39)55)23-32(2)24-36-12-6-16-40(48(36)56)30-52-44-20-8-18-42(26-44)50-28-38-14-4-10-34(22-31)46(38)54/h3-20,25-30,53-56H,1-2,21-24H2. The van der Waals surface area contributed by atoms with Gasteiger partial charge in [0.2, 0.25) is 0 Å². The van der Waals surface area contributed by atoms with E-state index < -0.39 is 0 Å². The van der Waals surface area contributed by atoms with E-state index in [1.807, 2.05) is 97.1 Å². The molecule has 56 heavy (non-hydrogen) atoms. The summed E-state index contributed by atoms with van der Waals surface area (Å²) in [5.41, 5.74) is 9.14. The van der Waals surface area contributed by atoms with Crippen molar-refractivity contribution in [2.75, 3.05) is 0 Å². The van der Waals surface area contributed by atoms with Gasteiger partial charge in [-0.15, -0.1) is 0 Å². The lowest BCUT2D eigenvalue weighted by Gasteiger charge is -2.12. The van der Waals surface area contributed by atoms with E-state index in [-0.39, 0.29) is 23.0 Å². The summed E-state index contributed by atoms with van der Waals surface area (Å²) in [5, 5.41) is 44.7. The molecule has 276 valence electrons. The lowest BCUT2D eigenvalue weighted by molar-refractivity contribution is 0.466. The van der Waals surface area contributed by atoms with Crippen molar-refractivity contribution < 1.29 is 20.4 Å². The molecule has 0 aromatic heterocycles. The fraction of sp³-hybridized carbons (Fsp3) is 0.0833. The van der Waals surface area contributed by atoms with Gasteiger partial charge in [0.25, 0.3) is 0 Å². The average molecular weight is 737 g/mol. The Labute approximate surface area is 325 Å². The van der Waals surface area contributed by atoms with Crippen LogP contribution in [0.1, 0.15) is 44.5 Å². The van der Waals surface area contributed by atoms with Crippen LogP contribution in [0.5, 0.6) is 23.0 Å². The summed E-state index contributed by atoms with van der Waals surface area (Å²) in [7, 11) is 0. The topological polar surface area (TPSA) is 130 Å². The number of hydrogen-bond acceptors (Lipinski definition) is 8. The van der Waals surface area contributed by atoms with Gasteiger partial charge in [-0.05, 0) is 109 Å². The molecule has 7 rings (SSSR count). The van der Waals surface area contributed by atoms with Gasteiger partial charge < -0.3 is 20.4 Å². The van der Waals surface area contributed by atoms with E-state index in [0.717, 1.165) is 11.1 Å². The molecule has 0 saturated carbocycles. The zero-order valence-electron chi connectivity index (χ0n) is 30.7. The van der Waals surface area contributed by atoms with E-state index in [1.54, 1.807) is 49.1 Å². The van der Waals surface area contributed by atoms with E-state index in [2.05, 4.69) is 33.1 Å². The smallest absolute Gasteiger partial charge is 0.127 e. The fourth-order valence-electron chi connectivity index (χ4n) is 6.52. The Hall–Kier alpha value is -7.32. The van der Waals surface area contributed by atoms with Gasteiger partial charge in [-0.25, -0.2) is 0 Å². The maximum absolute atomic E-state index is 11.2. The molecular formula is C48H40N4O4. The quantitative estimate of drug-likeness (QED) is 0.116. The molecule has 0 amide bonds. The van der Waals surface area contributed by atoms with Gasteiger partial charge in [-0.2, -0.15) is 0 Å². The minimum absolute atomic E-state index is 0.109. The Morgan fingerprint density at radius 1 is 0.339 bits per heavy atom. The lowest BCUT2D eigenvalue weighted by atomic mass is 9.96. The first-order valence-corrected chi connectivity index (χ1v) is 18.1. The van der Waals surface area contributed by atoms with Crippen LogP contribution >= 0.6 is 0 Å². The van der Waals surface area contributed by atoms with Crippen LogP contribution in [0.3, 0.4) is 0 Å². The van der Waals surface area contributed by atoms with Crippen LogP contribution in [-0.2, 0) is 25.7 Å². The van der Waals surface area contributed by atoms with Crippen LogP contribution in [0, 0.1) is 0 Å². The van der Waals surface area contributed by atoms with Crippen molar-refractivity contribution in [2.45, 2.75) is 25.7 Å². The third kappa shape index (κ3) is 8.89. The van der Waals surface area contributed by atoms with Crippen LogP contribution in [-0.4, -0.2) is 45.3 Å². The summed E-state index contributed by atoms with van der Waals surface area (Å²) < 4.78 is 0. The van der Waals surface area contributed by atoms with Gasteiger partial charge in [0, 0.05) is 47.1 Å². The molecule has 0 aliphatic carbocycles. The predicted octanol–water partition coefficient (Wildman–Crippen LogP) is 10.5. The van der Waals surface area contributed by atoms with E-state index in [1.165, 1.54) is 0 Å². The van der Waals surface area contributed by atoms with E-state index in [0.29, 0.717) is 92.9 Å². The second kappa shape index (κ2) is 16.8. The van der Waals surface area contributed by atoms with Crippen molar-refractivity contribution in [1.82, 2.24) is 0 Å². The first-order chi connectivity index (χ1) is 27.2. The Bertz CT molecular complexity index is 2240. The highest BCUT2D eigenvalue weighted by molar-refractivity contribution is 5.89. The van der Waals surface area contributed by atoms with Gasteiger partial charge in [0.05, 0.1) is 22.7 Å². The van der Waals surface area contributed by atoms with Gasteiger partial charge in [0.1, 0.15) is 23.0 Å². The van der Waals surface area contributed by atoms with E-state index >= 15 is 0 Å². The van der Waals surface area contributed by atoms with Crippen molar-refractivity contribution in [3.63, 3.8) is 0 Å². The largest absolute Gasteiger partial charge is 0.507 e. The molecule has 6 aromatic rings. The maximum Gasteiger partial charge on any atom is 0.127 e. The fourth-order valence-corrected chi connectivity index (χ4v) is 6.52. The molecule has 12 bridgehead atoms. The molecule has 0 atom stereocenters. The predicted molar refractivity (Wildman–Crippen MR) is 227 cm³/mol. The number of para-hydroxylation sites is 4. The van der Waals surface area contributed by atoms with Gasteiger partial charge >= 0.3 is 0 Å². The highest BCUT2D eigenvalue weighted by Gasteiger charge is 2.13. The van der Waals surface area contributed by atoms with Crippen LogP contribution < -0.4 is 0 Å². The van der Waals surface area contributed by atoms with Gasteiger partial charge in [0.15, 0.2) is 0 Å². The maximum atomic E-state index is 11.2. The lowest BCUT2D eigenvalue weighted by Crippen LogP contribution is -1.98. The summed E-state index contributed by atoms with van der Waals surface area (Å²) in [4.78, 5) is 18.4. The van der Waals surface area contributed by atoms with Crippen molar-refractivity contribution in [1.29, 1.82) is 0 Å². The number of fused-ring (bicyclic) bond motifs is 12. The number of allylic oxidation sites excluding steroid dienone is 2. The molecule has 0 radical (unpaired) electrons. The van der Waals surface area contributed by atoms with Crippen LogP contribution in [0.2, 0.25) is 0 Å². The summed E-state index contributed by atoms with van der Waals surface area (Å²) in [6.07, 6.45) is 8.04. The van der Waals surface area contributed by atoms with Crippen molar-refractivity contribution in [2.24, 2.45) is 20.0 Å². The zero-order valence-corrected chi connectivity index (χ0v) is 30.7. The molecule has 4 N–H and O–H groups in total. The Kier molecular flexibility index (Phi) is 11.1. The van der Waals surface area contributed by atoms with Crippen molar-refractivity contribution in [3.8, 4) is 23.0 Å². The molecule has 8 heteroatoms. The van der Waals surface area contributed by atoms with Crippen molar-refractivity contribution in [3.05, 3.63) is 190 Å². The molecule has 0 saturated heterocycles. The number of aliphatic imine (C=N–C) groups is 4. The Balaban J connectivity index is 1.22. The summed E-state index contributed by atoms with van der Waals surface area (Å²) >= 11 is 0. The van der Waals surface area contributed by atoms with Crippen LogP contribution in [0.25, 0.3) is 0 Å². The van der Waals surface area contributed by atoms with Gasteiger partial charge in [-0.3, -0.25) is 20.0 Å². The first kappa shape index (κ1) is 37.0. The summed E-state index contributed by atoms with van der Waals surface area (Å²) in [6, 6.07) is 36.7. The minimum atomic E-state index is 0.109. The van der Waals surface area contributed by atoms with Crippen LogP contribution in [0.15, 0.2) is 166 Å². The molecule has 0 fully saturated rings. The second-order valence-corrected chi connectivity index (χ2v) is 13.7. The number of phenolic OH excluding ortho intramolecular Hbond substituents is 4. The Morgan fingerprint density at radius 3 is 0.821 bits per heavy atom. The highest BCUT2D eigenvalue weighted by atomic mass is 16.3. The highest BCUT2D eigenvalue weighted by Crippen LogP contribution is 2.31. The van der Waals surface area contributed by atoms with Gasteiger partial charge in [-0.1, -0.05) is 85.0 Å². The second-order valence-electron chi connectivity index (χ2n) is 13.7. The molecule has 0 unspecified atom stereocenters. The third-order valence-corrected chi connectivity index (χ3v) is 9.44. The summed E-state index contributed by atoms with van der Waals surface area (Å²) in [5.74, 6) is 0.434. The number of aromatic hydroxyl groups is 4. The average Bonchev–Trinajstić information content (AvgIpc) is 3.19. The minimum Gasteiger partial charge on any atom is -0.507 e. The van der Waals surface area contributed by atoms with Crippen molar-refractivity contribution >= 4 is 47.6 Å². The normalized spacial score (nSPS) is 13.5. The molecule has 0 spiro atoms. The SMILES string of the molecule is C=C1Cc2cccc(c2O)C=Nc2cccc(c2)N=Cc2cccc(c2O)CC(=C)Cc2cccc(c2O)C=Nc2cccc(c2)N=Cc2cccc(c2O)C1. The van der Waals surface area contributed by atoms with Crippen LogP contribution in [0.4, 0.5) is 22.7 Å². The third-order valence-electron chi connectivity index (χ3n) is 9.44. The molecular weight excluding hydrogens is 697 g/mol. The first-order valence-electron chi connectivity index (χ1n) is 18.1. The van der Waals surface area contributed by atoms with E-state index in [9.17, 15) is 20.4 Å². The molecule has 1 heterocycles. The number of rotatable bonds is 0. The number of benzene rings is 6. The zero-order chi connectivity index (χ0) is 39.0. The monoisotopic (exact) mass is 736 g/mol. The summed E-state index contributed by atoms with van der Waals surface area (Å²) in [6.45, 7) is 8.50. The number of phenols is 4. The number of hydrogen-bond donors (Lipinski definition) is 4. The molecule has 8 nitrogen and oxygen atoms in total. The molecule has 6 aromatic carbocycles. The molecule has 1 aliphatic rings.